The van der Waals surface area contributed by atoms with E-state index < -0.39 is 0 Å². The number of hydrogen-bond donors (Lipinski definition) is 0. The highest BCUT2D eigenvalue weighted by molar-refractivity contribution is 6.10. The second-order valence-electron chi connectivity index (χ2n) is 14.2. The lowest BCUT2D eigenvalue weighted by atomic mass is 9.98. The van der Waals surface area contributed by atoms with E-state index in [-0.39, 0.29) is 5.82 Å². The fraction of sp³-hybridized carbons (Fsp3) is 0. The lowest BCUT2D eigenvalue weighted by Gasteiger charge is -2.27. The minimum Gasteiger partial charge on any atom is -0.455 e. The SMILES string of the molecule is Fc1cccc2c3ccccc3n(-c3cccc(N(c4ccc(-c5cccc6ccccc56)cc4)c4ccc(-c5cccc6c5oc5ccccc56)cc4)c3)c12. The third-order valence-corrected chi connectivity index (χ3v) is 11.1. The van der Waals surface area contributed by atoms with Gasteiger partial charge in [-0.15, -0.1) is 0 Å². The summed E-state index contributed by atoms with van der Waals surface area (Å²) >= 11 is 0. The van der Waals surface area contributed by atoms with Gasteiger partial charge in [0.05, 0.1) is 11.0 Å². The monoisotopic (exact) mass is 720 g/mol. The van der Waals surface area contributed by atoms with E-state index in [1.807, 2.05) is 34.9 Å². The quantitative estimate of drug-likeness (QED) is 0.171. The minimum absolute atomic E-state index is 0.250. The number of para-hydroxylation sites is 4. The highest BCUT2D eigenvalue weighted by Crippen LogP contribution is 2.41. The number of halogens is 1. The van der Waals surface area contributed by atoms with Crippen molar-refractivity contribution in [1.29, 1.82) is 0 Å². The zero-order valence-electron chi connectivity index (χ0n) is 30.2. The predicted molar refractivity (Wildman–Crippen MR) is 231 cm³/mol. The van der Waals surface area contributed by atoms with Crippen LogP contribution in [0, 0.1) is 5.82 Å². The van der Waals surface area contributed by atoms with Gasteiger partial charge in [-0.3, -0.25) is 0 Å². The second kappa shape index (κ2) is 12.9. The average Bonchev–Trinajstić information content (AvgIpc) is 3.81. The molecule has 0 atom stereocenters. The molecule has 0 N–H and O–H groups in total. The van der Waals surface area contributed by atoms with Crippen molar-refractivity contribution in [2.24, 2.45) is 0 Å². The molecule has 0 bridgehead atoms. The maximum Gasteiger partial charge on any atom is 0.147 e. The molecule has 4 heteroatoms. The largest absolute Gasteiger partial charge is 0.455 e. The minimum atomic E-state index is -0.250. The normalized spacial score (nSPS) is 11.7. The standard InChI is InChI=1S/C52H33FN2O/c53-48-22-10-20-46-44-16-3-5-23-49(44)55(51(46)48)40-14-8-13-39(33-40)54(37-29-25-35(26-30-37)42-18-7-12-34-11-1-2-15-41(34)42)38-31-27-36(28-32-38)43-19-9-21-47-45-17-4-6-24-50(45)56-52(43)47/h1-33H. The summed E-state index contributed by atoms with van der Waals surface area (Å²) < 4.78 is 24.2. The Balaban J connectivity index is 1.06. The summed E-state index contributed by atoms with van der Waals surface area (Å²) in [4.78, 5) is 2.27. The molecule has 0 spiro atoms. The molecule has 3 nitrogen and oxygen atoms in total. The number of anilines is 3. The molecule has 0 aliphatic heterocycles. The Hall–Kier alpha value is -7.43. The van der Waals surface area contributed by atoms with Gasteiger partial charge in [0, 0.05) is 49.9 Å². The van der Waals surface area contributed by atoms with E-state index in [4.69, 9.17) is 4.42 Å². The van der Waals surface area contributed by atoms with Crippen molar-refractivity contribution in [3.63, 3.8) is 0 Å². The first-order valence-electron chi connectivity index (χ1n) is 18.9. The number of fused-ring (bicyclic) bond motifs is 7. The Kier molecular flexibility index (Phi) is 7.36. The number of rotatable bonds is 6. The highest BCUT2D eigenvalue weighted by atomic mass is 19.1. The zero-order chi connectivity index (χ0) is 37.2. The van der Waals surface area contributed by atoms with Crippen LogP contribution in [-0.2, 0) is 0 Å². The van der Waals surface area contributed by atoms with E-state index in [0.29, 0.717) is 5.52 Å². The summed E-state index contributed by atoms with van der Waals surface area (Å²) in [5.74, 6) is -0.250. The van der Waals surface area contributed by atoms with Crippen LogP contribution < -0.4 is 4.90 Å². The molecule has 0 saturated carbocycles. The Morgan fingerprint density at radius 2 is 1.02 bits per heavy atom. The van der Waals surface area contributed by atoms with Crippen molar-refractivity contribution in [2.45, 2.75) is 0 Å². The van der Waals surface area contributed by atoms with E-state index in [0.717, 1.165) is 77.7 Å². The second-order valence-corrected chi connectivity index (χ2v) is 14.2. The summed E-state index contributed by atoms with van der Waals surface area (Å²) in [5, 5.41) is 6.56. The van der Waals surface area contributed by atoms with Gasteiger partial charge in [-0.25, -0.2) is 4.39 Å². The van der Waals surface area contributed by atoms with Crippen LogP contribution in [0.3, 0.4) is 0 Å². The molecule has 0 aliphatic carbocycles. The van der Waals surface area contributed by atoms with Crippen molar-refractivity contribution < 1.29 is 8.81 Å². The molecular weight excluding hydrogens is 688 g/mol. The molecule has 0 fully saturated rings. The molecule has 9 aromatic carbocycles. The Morgan fingerprint density at radius 3 is 1.84 bits per heavy atom. The first kappa shape index (κ1) is 32.0. The van der Waals surface area contributed by atoms with Crippen molar-refractivity contribution in [3.8, 4) is 27.9 Å². The van der Waals surface area contributed by atoms with Crippen LogP contribution >= 0.6 is 0 Å². The molecular formula is C52H33FN2O. The Bertz CT molecular complexity index is 3260. The van der Waals surface area contributed by atoms with Gasteiger partial charge < -0.3 is 13.9 Å². The maximum atomic E-state index is 15.7. The molecule has 0 saturated heterocycles. The summed E-state index contributed by atoms with van der Waals surface area (Å²) in [5.41, 5.74) is 11.6. The van der Waals surface area contributed by atoms with Crippen LogP contribution in [0.15, 0.2) is 205 Å². The Morgan fingerprint density at radius 1 is 0.429 bits per heavy atom. The van der Waals surface area contributed by atoms with E-state index in [1.54, 1.807) is 12.1 Å². The summed E-state index contributed by atoms with van der Waals surface area (Å²) in [6.07, 6.45) is 0. The predicted octanol–water partition coefficient (Wildman–Crippen LogP) is 14.8. The Labute approximate surface area is 322 Å². The van der Waals surface area contributed by atoms with Gasteiger partial charge in [0.25, 0.3) is 0 Å². The smallest absolute Gasteiger partial charge is 0.147 e. The highest BCUT2D eigenvalue weighted by Gasteiger charge is 2.19. The molecule has 0 aliphatic rings. The summed E-state index contributed by atoms with van der Waals surface area (Å²) in [6.45, 7) is 0. The van der Waals surface area contributed by atoms with Gasteiger partial charge >= 0.3 is 0 Å². The molecule has 11 aromatic rings. The van der Waals surface area contributed by atoms with E-state index in [1.165, 1.54) is 16.3 Å². The number of benzene rings is 9. The van der Waals surface area contributed by atoms with Crippen molar-refractivity contribution in [1.82, 2.24) is 4.57 Å². The molecule has 2 aromatic heterocycles. The fourth-order valence-corrected chi connectivity index (χ4v) is 8.50. The van der Waals surface area contributed by atoms with Crippen LogP contribution in [0.5, 0.6) is 0 Å². The van der Waals surface area contributed by atoms with E-state index in [9.17, 15) is 0 Å². The molecule has 0 unspecified atom stereocenters. The van der Waals surface area contributed by atoms with Gasteiger partial charge in [0.1, 0.15) is 17.0 Å². The topological polar surface area (TPSA) is 21.3 Å². The molecule has 56 heavy (non-hydrogen) atoms. The number of hydrogen-bond acceptors (Lipinski definition) is 2. The maximum absolute atomic E-state index is 15.7. The van der Waals surface area contributed by atoms with Gasteiger partial charge in [-0.1, -0.05) is 140 Å². The van der Waals surface area contributed by atoms with Gasteiger partial charge in [-0.05, 0) is 88.1 Å². The molecule has 0 amide bonds. The van der Waals surface area contributed by atoms with Crippen molar-refractivity contribution >= 4 is 71.6 Å². The summed E-state index contributed by atoms with van der Waals surface area (Å²) in [6, 6.07) is 68.8. The van der Waals surface area contributed by atoms with Crippen LogP contribution in [-0.4, -0.2) is 4.57 Å². The third-order valence-electron chi connectivity index (χ3n) is 11.1. The average molecular weight is 721 g/mol. The lowest BCUT2D eigenvalue weighted by molar-refractivity contribution is 0.635. The zero-order valence-corrected chi connectivity index (χ0v) is 30.2. The first-order chi connectivity index (χ1) is 27.7. The van der Waals surface area contributed by atoms with Crippen molar-refractivity contribution in [3.05, 3.63) is 206 Å². The lowest BCUT2D eigenvalue weighted by Crippen LogP contribution is -2.10. The number of aromatic nitrogens is 1. The number of furan rings is 1. The molecule has 264 valence electrons. The van der Waals surface area contributed by atoms with E-state index >= 15 is 4.39 Å². The van der Waals surface area contributed by atoms with Crippen LogP contribution in [0.2, 0.25) is 0 Å². The molecule has 0 radical (unpaired) electrons. The van der Waals surface area contributed by atoms with Crippen LogP contribution in [0.1, 0.15) is 0 Å². The first-order valence-corrected chi connectivity index (χ1v) is 18.9. The van der Waals surface area contributed by atoms with Crippen LogP contribution in [0.25, 0.3) is 82.5 Å². The molecule has 2 heterocycles. The van der Waals surface area contributed by atoms with Gasteiger partial charge in [-0.2, -0.15) is 0 Å². The van der Waals surface area contributed by atoms with E-state index in [2.05, 4.69) is 163 Å². The van der Waals surface area contributed by atoms with Gasteiger partial charge in [0.2, 0.25) is 0 Å². The summed E-state index contributed by atoms with van der Waals surface area (Å²) in [7, 11) is 0. The van der Waals surface area contributed by atoms with Crippen LogP contribution in [0.4, 0.5) is 21.5 Å². The third kappa shape index (κ3) is 5.11. The van der Waals surface area contributed by atoms with Gasteiger partial charge in [0.15, 0.2) is 0 Å². The number of nitrogens with zero attached hydrogens (tertiary/aromatic N) is 2. The fourth-order valence-electron chi connectivity index (χ4n) is 8.50. The van der Waals surface area contributed by atoms with Crippen molar-refractivity contribution in [2.75, 3.05) is 4.90 Å². The molecule has 11 rings (SSSR count).